The molecule has 4 rings (SSSR count). The molecule has 2 heterocycles. The van der Waals surface area contributed by atoms with Gasteiger partial charge in [0.25, 0.3) is 0 Å². The molecule has 1 unspecified atom stereocenters. The summed E-state index contributed by atoms with van der Waals surface area (Å²) in [7, 11) is 0. The van der Waals surface area contributed by atoms with Gasteiger partial charge in [0.1, 0.15) is 5.25 Å². The van der Waals surface area contributed by atoms with Gasteiger partial charge in [-0.25, -0.2) is 9.88 Å². The van der Waals surface area contributed by atoms with Crippen LogP contribution < -0.4 is 4.90 Å². The highest BCUT2D eigenvalue weighted by atomic mass is 32.2. The van der Waals surface area contributed by atoms with Crippen LogP contribution in [0, 0.1) is 0 Å². The van der Waals surface area contributed by atoms with Crippen molar-refractivity contribution < 1.29 is 22.8 Å². The number of imide groups is 1. The van der Waals surface area contributed by atoms with Crippen molar-refractivity contribution in [2.24, 2.45) is 0 Å². The van der Waals surface area contributed by atoms with Gasteiger partial charge in [0.15, 0.2) is 0 Å². The van der Waals surface area contributed by atoms with Crippen LogP contribution in [-0.4, -0.2) is 32.2 Å². The highest BCUT2D eigenvalue weighted by Crippen LogP contribution is 2.33. The first-order valence-electron chi connectivity index (χ1n) is 8.79. The summed E-state index contributed by atoms with van der Waals surface area (Å²) in [5, 5.41) is 7.17. The minimum atomic E-state index is -4.43. The molecular weight excluding hydrogens is 417 g/mol. The van der Waals surface area contributed by atoms with Crippen LogP contribution in [0.25, 0.3) is 11.3 Å². The van der Waals surface area contributed by atoms with Gasteiger partial charge in [-0.2, -0.15) is 18.3 Å². The Bertz CT molecular complexity index is 1090. The molecule has 1 aliphatic rings. The normalized spacial score (nSPS) is 16.9. The van der Waals surface area contributed by atoms with Crippen molar-refractivity contribution in [1.29, 1.82) is 0 Å². The average molecular weight is 430 g/mol. The van der Waals surface area contributed by atoms with Gasteiger partial charge in [0, 0.05) is 12.0 Å². The molecule has 3 aromatic rings. The highest BCUT2D eigenvalue weighted by Gasteiger charge is 2.40. The Morgan fingerprint density at radius 2 is 1.70 bits per heavy atom. The lowest BCUT2D eigenvalue weighted by molar-refractivity contribution is -0.137. The number of nitrogens with zero attached hydrogens (tertiary/aromatic N) is 4. The van der Waals surface area contributed by atoms with E-state index in [0.29, 0.717) is 16.9 Å². The second-order valence-corrected chi connectivity index (χ2v) is 7.58. The van der Waals surface area contributed by atoms with Gasteiger partial charge in [0.2, 0.25) is 17.0 Å². The number of rotatable bonds is 4. The number of benzene rings is 2. The van der Waals surface area contributed by atoms with Gasteiger partial charge in [-0.05, 0) is 24.3 Å². The van der Waals surface area contributed by atoms with E-state index in [1.807, 2.05) is 0 Å². The number of amides is 2. The molecule has 30 heavy (non-hydrogen) atoms. The van der Waals surface area contributed by atoms with Crippen molar-refractivity contribution in [3.63, 3.8) is 0 Å². The molecule has 0 spiro atoms. The van der Waals surface area contributed by atoms with Crippen LogP contribution in [0.4, 0.5) is 18.9 Å². The lowest BCUT2D eigenvalue weighted by Crippen LogP contribution is -2.31. The maximum absolute atomic E-state index is 12.7. The van der Waals surface area contributed by atoms with Gasteiger partial charge in [-0.1, -0.05) is 42.1 Å². The zero-order chi connectivity index (χ0) is 21.3. The zero-order valence-electron chi connectivity index (χ0n) is 15.2. The summed E-state index contributed by atoms with van der Waals surface area (Å²) in [6, 6.07) is 13.1. The zero-order valence-corrected chi connectivity index (χ0v) is 16.0. The molecule has 2 aromatic carbocycles. The number of carbonyl (C=O) groups excluding carboxylic acids is 2. The van der Waals surface area contributed by atoms with Crippen molar-refractivity contribution >= 4 is 29.3 Å². The van der Waals surface area contributed by atoms with Crippen LogP contribution >= 0.6 is 11.8 Å². The van der Waals surface area contributed by atoms with Crippen LogP contribution in [0.2, 0.25) is 0 Å². The monoisotopic (exact) mass is 430 g/mol. The van der Waals surface area contributed by atoms with Gasteiger partial charge in [-0.15, -0.1) is 5.10 Å². The van der Waals surface area contributed by atoms with Crippen LogP contribution in [0.1, 0.15) is 12.0 Å². The summed E-state index contributed by atoms with van der Waals surface area (Å²) in [6.45, 7) is 0. The first-order valence-corrected chi connectivity index (χ1v) is 9.67. The second kappa shape index (κ2) is 7.86. The Kier molecular flexibility index (Phi) is 5.25. The van der Waals surface area contributed by atoms with Gasteiger partial charge in [0.05, 0.1) is 23.1 Å². The minimum absolute atomic E-state index is 0.00768. The largest absolute Gasteiger partial charge is 0.416 e. The molecule has 152 valence electrons. The van der Waals surface area contributed by atoms with Crippen LogP contribution in [0.5, 0.6) is 0 Å². The van der Waals surface area contributed by atoms with E-state index in [4.69, 9.17) is 0 Å². The quantitative estimate of drug-likeness (QED) is 0.583. The van der Waals surface area contributed by atoms with Crippen LogP contribution in [0.15, 0.2) is 66.0 Å². The summed E-state index contributed by atoms with van der Waals surface area (Å²) in [5.41, 5.74) is 0.476. The molecule has 10 heteroatoms. The lowest BCUT2D eigenvalue weighted by atomic mass is 10.1. The van der Waals surface area contributed by atoms with Gasteiger partial charge >= 0.3 is 6.18 Å². The third-order valence-corrected chi connectivity index (χ3v) is 5.45. The Morgan fingerprint density at radius 1 is 1.00 bits per heavy atom. The maximum atomic E-state index is 12.7. The van der Waals surface area contributed by atoms with E-state index in [1.54, 1.807) is 30.3 Å². The predicted molar refractivity (Wildman–Crippen MR) is 103 cm³/mol. The number of anilines is 1. The average Bonchev–Trinajstić information content (AvgIpc) is 3.01. The standard InChI is InChI=1S/C20H13F3N4O2S/c21-20(22,23)13-8-6-12(7-9-13)15-11-24-26-19(25-15)30-16-10-17(28)27(18(16)29)14-4-2-1-3-5-14/h1-9,11,16H,10H2. The van der Waals surface area contributed by atoms with E-state index >= 15 is 0 Å². The molecule has 2 amide bonds. The van der Waals surface area contributed by atoms with Crippen LogP contribution in [0.3, 0.4) is 0 Å². The molecule has 0 bridgehead atoms. The smallest absolute Gasteiger partial charge is 0.274 e. The van der Waals surface area contributed by atoms with E-state index < -0.39 is 17.0 Å². The number of halogens is 3. The number of thioether (sulfide) groups is 1. The van der Waals surface area contributed by atoms with E-state index in [1.165, 1.54) is 18.3 Å². The first kappa shape index (κ1) is 20.0. The third-order valence-electron chi connectivity index (χ3n) is 4.41. The maximum Gasteiger partial charge on any atom is 0.416 e. The fourth-order valence-corrected chi connectivity index (χ4v) is 3.91. The molecule has 1 aliphatic heterocycles. The second-order valence-electron chi connectivity index (χ2n) is 6.41. The SMILES string of the molecule is O=C1CC(Sc2nncc(-c3ccc(C(F)(F)F)cc3)n2)C(=O)N1c1ccccc1. The molecule has 6 nitrogen and oxygen atoms in total. The summed E-state index contributed by atoms with van der Waals surface area (Å²) < 4.78 is 38.2. The number of alkyl halides is 3. The first-order chi connectivity index (χ1) is 14.3. The molecule has 0 radical (unpaired) electrons. The summed E-state index contributed by atoms with van der Waals surface area (Å²) in [6.07, 6.45) is -3.11. The Balaban J connectivity index is 1.53. The Labute approximate surface area is 173 Å². The summed E-state index contributed by atoms with van der Waals surface area (Å²) in [5.74, 6) is -0.699. The molecule has 1 aromatic heterocycles. The topological polar surface area (TPSA) is 76.0 Å². The summed E-state index contributed by atoms with van der Waals surface area (Å²) in [4.78, 5) is 30.5. The van der Waals surface area contributed by atoms with Crippen molar-refractivity contribution in [3.05, 3.63) is 66.4 Å². The van der Waals surface area contributed by atoms with Gasteiger partial charge < -0.3 is 0 Å². The fourth-order valence-electron chi connectivity index (χ4n) is 2.98. The third kappa shape index (κ3) is 4.04. The van der Waals surface area contributed by atoms with Crippen molar-refractivity contribution in [1.82, 2.24) is 15.2 Å². The fraction of sp³-hybridized carbons (Fsp3) is 0.150. The number of carbonyl (C=O) groups is 2. The predicted octanol–water partition coefficient (Wildman–Crippen LogP) is 3.98. The summed E-state index contributed by atoms with van der Waals surface area (Å²) >= 11 is 1.00. The molecule has 1 fully saturated rings. The number of para-hydroxylation sites is 1. The van der Waals surface area contributed by atoms with Crippen molar-refractivity contribution in [2.75, 3.05) is 4.90 Å². The number of hydrogen-bond acceptors (Lipinski definition) is 6. The molecule has 0 N–H and O–H groups in total. The van der Waals surface area contributed by atoms with E-state index in [-0.39, 0.29) is 23.4 Å². The van der Waals surface area contributed by atoms with Gasteiger partial charge in [-0.3, -0.25) is 9.59 Å². The Morgan fingerprint density at radius 3 is 2.37 bits per heavy atom. The van der Waals surface area contributed by atoms with E-state index in [0.717, 1.165) is 28.8 Å². The molecule has 1 atom stereocenters. The highest BCUT2D eigenvalue weighted by molar-refractivity contribution is 8.00. The molecule has 0 saturated carbocycles. The van der Waals surface area contributed by atoms with Crippen molar-refractivity contribution in [3.8, 4) is 11.3 Å². The van der Waals surface area contributed by atoms with E-state index in [9.17, 15) is 22.8 Å². The van der Waals surface area contributed by atoms with E-state index in [2.05, 4.69) is 15.2 Å². The van der Waals surface area contributed by atoms with Crippen LogP contribution in [-0.2, 0) is 15.8 Å². The van der Waals surface area contributed by atoms with Crippen molar-refractivity contribution in [2.45, 2.75) is 23.0 Å². The molecule has 1 saturated heterocycles. The molecular formula is C20H13F3N4O2S. The number of hydrogen-bond donors (Lipinski definition) is 0. The molecule has 0 aliphatic carbocycles. The lowest BCUT2D eigenvalue weighted by Gasteiger charge is -2.14. The number of aromatic nitrogens is 3. The Hall–Kier alpha value is -3.27. The minimum Gasteiger partial charge on any atom is -0.274 e.